The Morgan fingerprint density at radius 1 is 1.44 bits per heavy atom. The first-order valence-electron chi connectivity index (χ1n) is 5.41. The summed E-state index contributed by atoms with van der Waals surface area (Å²) in [5, 5.41) is 12.2. The van der Waals surface area contributed by atoms with Crippen LogP contribution in [-0.4, -0.2) is 23.2 Å². The quantitative estimate of drug-likeness (QED) is 0.808. The minimum Gasteiger partial charge on any atom is -0.389 e. The minimum atomic E-state index is -0.859. The summed E-state index contributed by atoms with van der Waals surface area (Å²) in [7, 11) is 0. The number of aliphatic hydroxyl groups is 1. The SMILES string of the molecule is Cc1cccc(CC(=O)NCC(C)(C)O)c1. The van der Waals surface area contributed by atoms with E-state index in [1.165, 1.54) is 0 Å². The predicted octanol–water partition coefficient (Wildman–Crippen LogP) is 1.42. The third-order valence-corrected chi connectivity index (χ3v) is 2.17. The Balaban J connectivity index is 2.46. The first-order valence-corrected chi connectivity index (χ1v) is 5.41. The van der Waals surface area contributed by atoms with Crippen molar-refractivity contribution in [3.8, 4) is 0 Å². The van der Waals surface area contributed by atoms with Gasteiger partial charge >= 0.3 is 0 Å². The van der Waals surface area contributed by atoms with E-state index in [0.717, 1.165) is 11.1 Å². The van der Waals surface area contributed by atoms with Crippen LogP contribution in [0.2, 0.25) is 0 Å². The van der Waals surface area contributed by atoms with Crippen molar-refractivity contribution in [1.29, 1.82) is 0 Å². The number of nitrogens with one attached hydrogen (secondary N) is 1. The summed E-state index contributed by atoms with van der Waals surface area (Å²) < 4.78 is 0. The molecule has 0 saturated carbocycles. The number of aryl methyl sites for hydroxylation is 1. The molecule has 0 heterocycles. The van der Waals surface area contributed by atoms with Crippen LogP contribution in [-0.2, 0) is 11.2 Å². The molecule has 0 fully saturated rings. The average molecular weight is 221 g/mol. The smallest absolute Gasteiger partial charge is 0.224 e. The maximum absolute atomic E-state index is 11.5. The Labute approximate surface area is 96.5 Å². The highest BCUT2D eigenvalue weighted by Crippen LogP contribution is 2.05. The molecule has 0 aliphatic heterocycles. The van der Waals surface area contributed by atoms with Crippen molar-refractivity contribution in [3.63, 3.8) is 0 Å². The molecule has 0 radical (unpaired) electrons. The minimum absolute atomic E-state index is 0.0623. The van der Waals surface area contributed by atoms with Gasteiger partial charge in [-0.1, -0.05) is 29.8 Å². The molecule has 88 valence electrons. The second kappa shape index (κ2) is 5.12. The highest BCUT2D eigenvalue weighted by Gasteiger charge is 2.13. The Hall–Kier alpha value is -1.35. The highest BCUT2D eigenvalue weighted by molar-refractivity contribution is 5.78. The van der Waals surface area contributed by atoms with Crippen LogP contribution >= 0.6 is 0 Å². The Morgan fingerprint density at radius 3 is 2.69 bits per heavy atom. The first-order chi connectivity index (χ1) is 7.37. The van der Waals surface area contributed by atoms with E-state index in [2.05, 4.69) is 5.32 Å². The van der Waals surface area contributed by atoms with Crippen LogP contribution in [0, 0.1) is 6.92 Å². The number of carbonyl (C=O) groups is 1. The standard InChI is InChI=1S/C13H19NO2/c1-10-5-4-6-11(7-10)8-12(15)14-9-13(2,3)16/h4-7,16H,8-9H2,1-3H3,(H,14,15). The van der Waals surface area contributed by atoms with E-state index < -0.39 is 5.60 Å². The van der Waals surface area contributed by atoms with Crippen LogP contribution < -0.4 is 5.32 Å². The maximum atomic E-state index is 11.5. The number of amides is 1. The van der Waals surface area contributed by atoms with Gasteiger partial charge in [-0.05, 0) is 26.3 Å². The van der Waals surface area contributed by atoms with Gasteiger partial charge in [0.2, 0.25) is 5.91 Å². The molecule has 0 spiro atoms. The largest absolute Gasteiger partial charge is 0.389 e. The number of carbonyl (C=O) groups excluding carboxylic acids is 1. The number of hydrogen-bond donors (Lipinski definition) is 2. The Morgan fingerprint density at radius 2 is 2.12 bits per heavy atom. The molecule has 1 rings (SSSR count). The van der Waals surface area contributed by atoms with Crippen LogP contribution in [0.3, 0.4) is 0 Å². The van der Waals surface area contributed by atoms with Crippen LogP contribution in [0.4, 0.5) is 0 Å². The topological polar surface area (TPSA) is 49.3 Å². The van der Waals surface area contributed by atoms with Crippen LogP contribution in [0.5, 0.6) is 0 Å². The molecule has 3 nitrogen and oxygen atoms in total. The van der Waals surface area contributed by atoms with E-state index in [9.17, 15) is 9.90 Å². The highest BCUT2D eigenvalue weighted by atomic mass is 16.3. The molecule has 0 atom stereocenters. The molecule has 0 aliphatic carbocycles. The van der Waals surface area contributed by atoms with E-state index in [1.807, 2.05) is 31.2 Å². The monoisotopic (exact) mass is 221 g/mol. The van der Waals surface area contributed by atoms with Crippen LogP contribution in [0.1, 0.15) is 25.0 Å². The third-order valence-electron chi connectivity index (χ3n) is 2.17. The lowest BCUT2D eigenvalue weighted by Crippen LogP contribution is -2.38. The van der Waals surface area contributed by atoms with Gasteiger partial charge in [0, 0.05) is 6.54 Å². The molecule has 0 aromatic heterocycles. The molecule has 3 heteroatoms. The molecule has 0 saturated heterocycles. The zero-order valence-electron chi connectivity index (χ0n) is 10.1. The van der Waals surface area contributed by atoms with Gasteiger partial charge in [-0.3, -0.25) is 4.79 Å². The van der Waals surface area contributed by atoms with Gasteiger partial charge in [-0.15, -0.1) is 0 Å². The molecular formula is C13H19NO2. The average Bonchev–Trinajstić information content (AvgIpc) is 2.14. The van der Waals surface area contributed by atoms with Gasteiger partial charge < -0.3 is 10.4 Å². The van der Waals surface area contributed by atoms with Gasteiger partial charge in [0.05, 0.1) is 12.0 Å². The third kappa shape index (κ3) is 4.94. The van der Waals surface area contributed by atoms with E-state index in [-0.39, 0.29) is 12.5 Å². The Bertz CT molecular complexity index is 366. The normalized spacial score (nSPS) is 11.2. The second-order valence-corrected chi connectivity index (χ2v) is 4.75. The lowest BCUT2D eigenvalue weighted by Gasteiger charge is -2.17. The Kier molecular flexibility index (Phi) is 4.07. The summed E-state index contributed by atoms with van der Waals surface area (Å²) in [6.45, 7) is 5.61. The van der Waals surface area contributed by atoms with Crippen LogP contribution in [0.15, 0.2) is 24.3 Å². The van der Waals surface area contributed by atoms with Gasteiger partial charge in [0.25, 0.3) is 0 Å². The summed E-state index contributed by atoms with van der Waals surface area (Å²) in [4.78, 5) is 11.5. The van der Waals surface area contributed by atoms with Crippen molar-refractivity contribution in [2.45, 2.75) is 32.8 Å². The number of rotatable bonds is 4. The summed E-state index contributed by atoms with van der Waals surface area (Å²) >= 11 is 0. The van der Waals surface area contributed by atoms with Crippen molar-refractivity contribution in [1.82, 2.24) is 5.32 Å². The lowest BCUT2D eigenvalue weighted by molar-refractivity contribution is -0.121. The summed E-state index contributed by atoms with van der Waals surface area (Å²) in [6, 6.07) is 7.85. The van der Waals surface area contributed by atoms with E-state index >= 15 is 0 Å². The molecule has 0 unspecified atom stereocenters. The van der Waals surface area contributed by atoms with Gasteiger partial charge in [0.15, 0.2) is 0 Å². The van der Waals surface area contributed by atoms with Crippen molar-refractivity contribution in [2.24, 2.45) is 0 Å². The molecule has 1 aromatic rings. The lowest BCUT2D eigenvalue weighted by atomic mass is 10.1. The molecule has 16 heavy (non-hydrogen) atoms. The molecule has 2 N–H and O–H groups in total. The van der Waals surface area contributed by atoms with Crippen molar-refractivity contribution in [3.05, 3.63) is 35.4 Å². The molecule has 0 bridgehead atoms. The summed E-state index contributed by atoms with van der Waals surface area (Å²) in [5.74, 6) is -0.0623. The van der Waals surface area contributed by atoms with Crippen molar-refractivity contribution in [2.75, 3.05) is 6.54 Å². The summed E-state index contributed by atoms with van der Waals surface area (Å²) in [6.07, 6.45) is 0.359. The fourth-order valence-electron chi connectivity index (χ4n) is 1.38. The predicted molar refractivity (Wildman–Crippen MR) is 64.2 cm³/mol. The van der Waals surface area contributed by atoms with Crippen molar-refractivity contribution >= 4 is 5.91 Å². The molecule has 1 aromatic carbocycles. The zero-order chi connectivity index (χ0) is 12.2. The first kappa shape index (κ1) is 12.7. The number of benzene rings is 1. The number of hydrogen-bond acceptors (Lipinski definition) is 2. The van der Waals surface area contributed by atoms with Gasteiger partial charge in [0.1, 0.15) is 0 Å². The second-order valence-electron chi connectivity index (χ2n) is 4.75. The molecule has 0 aliphatic rings. The van der Waals surface area contributed by atoms with Gasteiger partial charge in [-0.2, -0.15) is 0 Å². The molecular weight excluding hydrogens is 202 g/mol. The zero-order valence-corrected chi connectivity index (χ0v) is 10.1. The van der Waals surface area contributed by atoms with Gasteiger partial charge in [-0.25, -0.2) is 0 Å². The van der Waals surface area contributed by atoms with Crippen LogP contribution in [0.25, 0.3) is 0 Å². The van der Waals surface area contributed by atoms with Crippen molar-refractivity contribution < 1.29 is 9.90 Å². The van der Waals surface area contributed by atoms with E-state index in [1.54, 1.807) is 13.8 Å². The summed E-state index contributed by atoms with van der Waals surface area (Å²) in [5.41, 5.74) is 1.28. The van der Waals surface area contributed by atoms with E-state index in [0.29, 0.717) is 6.42 Å². The maximum Gasteiger partial charge on any atom is 0.224 e. The molecule has 1 amide bonds. The fourth-order valence-corrected chi connectivity index (χ4v) is 1.38. The fraction of sp³-hybridized carbons (Fsp3) is 0.462. The van der Waals surface area contributed by atoms with E-state index in [4.69, 9.17) is 0 Å².